The van der Waals surface area contributed by atoms with Gasteiger partial charge < -0.3 is 19.9 Å². The molecule has 6 nitrogen and oxygen atoms in total. The van der Waals surface area contributed by atoms with Gasteiger partial charge in [0.25, 0.3) is 0 Å². The number of aliphatic imine (C=N–C) groups is 1. The average molecular weight is 414 g/mol. The predicted octanol–water partition coefficient (Wildman–Crippen LogP) is 4.79. The average Bonchev–Trinajstić information content (AvgIpc) is 3.36. The molecule has 1 aromatic heterocycles. The summed E-state index contributed by atoms with van der Waals surface area (Å²) in [6, 6.07) is 14.6. The number of hydrogen-bond donors (Lipinski definition) is 2. The maximum atomic E-state index is 5.36. The molecule has 31 heavy (non-hydrogen) atoms. The molecule has 2 aliphatic heterocycles. The van der Waals surface area contributed by atoms with Gasteiger partial charge in [-0.2, -0.15) is 0 Å². The van der Waals surface area contributed by atoms with Gasteiger partial charge in [-0.3, -0.25) is 4.99 Å². The zero-order valence-electron chi connectivity index (χ0n) is 18.1. The highest BCUT2D eigenvalue weighted by Crippen LogP contribution is 2.38. The molecule has 1 fully saturated rings. The number of ether oxygens (including phenoxy) is 1. The molecule has 0 radical (unpaired) electrons. The number of rotatable bonds is 4. The van der Waals surface area contributed by atoms with Crippen LogP contribution in [0.3, 0.4) is 0 Å². The number of aromatic amines is 1. The Bertz CT molecular complexity index is 1220. The molecule has 158 valence electrons. The van der Waals surface area contributed by atoms with Crippen molar-refractivity contribution < 1.29 is 4.74 Å². The monoisotopic (exact) mass is 413 g/mol. The van der Waals surface area contributed by atoms with Crippen LogP contribution in [0.25, 0.3) is 11.0 Å². The van der Waals surface area contributed by atoms with Crippen LogP contribution >= 0.6 is 0 Å². The quantitative estimate of drug-likeness (QED) is 0.604. The molecule has 2 aliphatic rings. The molecule has 0 saturated carbocycles. The van der Waals surface area contributed by atoms with E-state index in [2.05, 4.69) is 59.0 Å². The molecule has 6 heteroatoms. The molecule has 0 spiro atoms. The molecule has 1 saturated heterocycles. The number of amidine groups is 1. The lowest BCUT2D eigenvalue weighted by Gasteiger charge is -2.31. The van der Waals surface area contributed by atoms with Crippen molar-refractivity contribution in [2.24, 2.45) is 4.99 Å². The largest absolute Gasteiger partial charge is 0.497 e. The van der Waals surface area contributed by atoms with Gasteiger partial charge >= 0.3 is 0 Å². The van der Waals surface area contributed by atoms with Crippen LogP contribution in [0.5, 0.6) is 5.75 Å². The third-order valence-corrected chi connectivity index (χ3v) is 5.93. The molecule has 3 aromatic rings. The Hall–Kier alpha value is -3.54. The third-order valence-electron chi connectivity index (χ3n) is 5.93. The molecule has 2 aromatic carbocycles. The van der Waals surface area contributed by atoms with Crippen LogP contribution in [-0.4, -0.2) is 34.4 Å². The fourth-order valence-electron chi connectivity index (χ4n) is 4.44. The van der Waals surface area contributed by atoms with E-state index in [0.717, 1.165) is 47.2 Å². The van der Waals surface area contributed by atoms with Crippen molar-refractivity contribution in [2.75, 3.05) is 13.7 Å². The summed E-state index contributed by atoms with van der Waals surface area (Å²) in [6.07, 6.45) is 3.07. The van der Waals surface area contributed by atoms with Gasteiger partial charge in [0.05, 0.1) is 36.1 Å². The number of hydrogen-bond acceptors (Lipinski definition) is 5. The lowest BCUT2D eigenvalue weighted by Crippen LogP contribution is -2.37. The number of nitrogens with zero attached hydrogens (tertiary/aromatic N) is 3. The summed E-state index contributed by atoms with van der Waals surface area (Å²) in [4.78, 5) is 15.6. The molecule has 1 unspecified atom stereocenters. The van der Waals surface area contributed by atoms with E-state index in [4.69, 9.17) is 14.7 Å². The molecule has 5 rings (SSSR count). The van der Waals surface area contributed by atoms with Gasteiger partial charge in [-0.15, -0.1) is 0 Å². The number of nitrogens with one attached hydrogen (secondary N) is 2. The predicted molar refractivity (Wildman–Crippen MR) is 124 cm³/mol. The summed E-state index contributed by atoms with van der Waals surface area (Å²) in [5.74, 6) is 3.73. The highest BCUT2D eigenvalue weighted by Gasteiger charge is 2.34. The highest BCUT2D eigenvalue weighted by molar-refractivity contribution is 5.82. The summed E-state index contributed by atoms with van der Waals surface area (Å²) in [5.41, 5.74) is 5.55. The maximum absolute atomic E-state index is 5.36. The molecule has 2 N–H and O–H groups in total. The van der Waals surface area contributed by atoms with E-state index in [0.29, 0.717) is 0 Å². The minimum atomic E-state index is -0.00870. The smallest absolute Gasteiger partial charge is 0.130 e. The Labute approximate surface area is 182 Å². The van der Waals surface area contributed by atoms with Crippen LogP contribution in [-0.2, 0) is 0 Å². The van der Waals surface area contributed by atoms with E-state index in [9.17, 15) is 0 Å². The number of H-pyrrole nitrogens is 1. The number of aromatic nitrogens is 2. The van der Waals surface area contributed by atoms with Crippen LogP contribution < -0.4 is 10.1 Å². The molecule has 2 atom stereocenters. The molecular formula is C25H27N5O. The third kappa shape index (κ3) is 3.69. The van der Waals surface area contributed by atoms with Gasteiger partial charge in [0, 0.05) is 12.6 Å². The van der Waals surface area contributed by atoms with Crippen molar-refractivity contribution >= 4 is 16.9 Å². The summed E-state index contributed by atoms with van der Waals surface area (Å²) in [5, 5.41) is 3.48. The van der Waals surface area contributed by atoms with Gasteiger partial charge in [0.1, 0.15) is 17.4 Å². The van der Waals surface area contributed by atoms with Crippen LogP contribution in [0, 0.1) is 6.92 Å². The normalized spacial score (nSPS) is 21.1. The summed E-state index contributed by atoms with van der Waals surface area (Å²) < 4.78 is 5.36. The number of aryl methyl sites for hydroxylation is 1. The highest BCUT2D eigenvalue weighted by atomic mass is 16.5. The number of imidazole rings is 1. The first-order valence-corrected chi connectivity index (χ1v) is 10.6. The zero-order chi connectivity index (χ0) is 21.5. The van der Waals surface area contributed by atoms with Crippen LogP contribution in [0.4, 0.5) is 0 Å². The summed E-state index contributed by atoms with van der Waals surface area (Å²) in [6.45, 7) is 9.20. The summed E-state index contributed by atoms with van der Waals surface area (Å²) >= 11 is 0. The Morgan fingerprint density at radius 1 is 1.16 bits per heavy atom. The minimum absolute atomic E-state index is 0.00870. The first-order valence-electron chi connectivity index (χ1n) is 10.6. The van der Waals surface area contributed by atoms with Gasteiger partial charge in [0.15, 0.2) is 0 Å². The van der Waals surface area contributed by atoms with E-state index < -0.39 is 0 Å². The summed E-state index contributed by atoms with van der Waals surface area (Å²) in [7, 11) is 1.68. The number of likely N-dealkylation sites (tertiary alicyclic amines) is 1. The van der Waals surface area contributed by atoms with Crippen molar-refractivity contribution in [1.29, 1.82) is 0 Å². The topological polar surface area (TPSA) is 65.5 Å². The molecule has 0 amide bonds. The Balaban J connectivity index is 1.50. The second kappa shape index (κ2) is 7.61. The molecule has 3 heterocycles. The van der Waals surface area contributed by atoms with Crippen LogP contribution in [0.1, 0.15) is 42.4 Å². The second-order valence-electron chi connectivity index (χ2n) is 8.35. The van der Waals surface area contributed by atoms with Crippen molar-refractivity contribution in [3.8, 4) is 5.75 Å². The lowest BCUT2D eigenvalue weighted by atomic mass is 10.0. The van der Waals surface area contributed by atoms with E-state index >= 15 is 0 Å². The second-order valence-corrected chi connectivity index (χ2v) is 8.35. The van der Waals surface area contributed by atoms with Crippen molar-refractivity contribution in [3.05, 3.63) is 83.5 Å². The van der Waals surface area contributed by atoms with Crippen molar-refractivity contribution in [3.63, 3.8) is 0 Å². The lowest BCUT2D eigenvalue weighted by molar-refractivity contribution is 0.302. The molecule has 0 bridgehead atoms. The molecular weight excluding hydrogens is 386 g/mol. The van der Waals surface area contributed by atoms with Crippen LogP contribution in [0.2, 0.25) is 0 Å². The van der Waals surface area contributed by atoms with E-state index in [-0.39, 0.29) is 12.1 Å². The maximum Gasteiger partial charge on any atom is 0.130 e. The Kier molecular flexibility index (Phi) is 4.77. The molecule has 0 aliphatic carbocycles. The van der Waals surface area contributed by atoms with Gasteiger partial charge in [-0.25, -0.2) is 4.98 Å². The van der Waals surface area contributed by atoms with Crippen molar-refractivity contribution in [2.45, 2.75) is 32.4 Å². The van der Waals surface area contributed by atoms with Gasteiger partial charge in [0.2, 0.25) is 0 Å². The minimum Gasteiger partial charge on any atom is -0.497 e. The van der Waals surface area contributed by atoms with E-state index in [1.54, 1.807) is 7.11 Å². The Morgan fingerprint density at radius 3 is 2.84 bits per heavy atom. The van der Waals surface area contributed by atoms with Crippen LogP contribution in [0.15, 0.2) is 71.5 Å². The standard InChI is InChI=1S/C25H27N5O/c1-15-6-5-7-18(10-15)21-13-24(27-17(3)26-21)30-14-16(2)11-23(30)25-28-20-9-8-19(31-4)12-22(20)29-25/h5-10,12-13,21,23H,2,11,14H2,1,3-4H3,(H,26,27)(H,28,29)/t21?,23-/m0/s1. The number of methoxy groups -OCH3 is 1. The zero-order valence-corrected chi connectivity index (χ0v) is 18.1. The Morgan fingerprint density at radius 2 is 2.03 bits per heavy atom. The SMILES string of the molecule is C=C1C[C@@H](c2nc3ccc(OC)cc3[nH]2)N(C2=CC(c3cccc(C)c3)N=C(C)N2)C1. The van der Waals surface area contributed by atoms with Gasteiger partial charge in [-0.05, 0) is 44.0 Å². The van der Waals surface area contributed by atoms with E-state index in [1.807, 2.05) is 25.1 Å². The number of fused-ring (bicyclic) bond motifs is 1. The number of benzene rings is 2. The fraction of sp³-hybridized carbons (Fsp3) is 0.280. The van der Waals surface area contributed by atoms with E-state index in [1.165, 1.54) is 16.7 Å². The van der Waals surface area contributed by atoms with Crippen molar-refractivity contribution in [1.82, 2.24) is 20.2 Å². The van der Waals surface area contributed by atoms with Gasteiger partial charge in [-0.1, -0.05) is 42.0 Å². The first kappa shape index (κ1) is 19.4. The fourth-order valence-corrected chi connectivity index (χ4v) is 4.44. The first-order chi connectivity index (χ1) is 15.0.